The Hall–Kier alpha value is -2.24. The molecule has 0 radical (unpaired) electrons. The fourth-order valence-electron chi connectivity index (χ4n) is 4.32. The van der Waals surface area contributed by atoms with Crippen molar-refractivity contribution in [2.75, 3.05) is 20.3 Å². The van der Waals surface area contributed by atoms with E-state index < -0.39 is 12.0 Å². The Morgan fingerprint density at radius 2 is 2.04 bits per heavy atom. The average Bonchev–Trinajstić information content (AvgIpc) is 3.21. The number of aliphatic carboxylic acids is 1. The number of hydrogen-bond donors (Lipinski definition) is 1. The molecule has 1 heterocycles. The van der Waals surface area contributed by atoms with E-state index in [1.807, 2.05) is 0 Å². The number of amides is 1. The maximum atomic E-state index is 13.0. The van der Waals surface area contributed by atoms with Gasteiger partial charge in [-0.15, -0.1) is 0 Å². The van der Waals surface area contributed by atoms with Crippen molar-refractivity contribution < 1.29 is 24.2 Å². The standard InChI is InChI=1S/C21H29NO5/c1-13(2)9-10-27-17-8-7-14(11-18(17)26-3)20(23)22-12-15-5-4-6-16(15)19(22)21(24)25/h7-8,11,13,15-16,19H,4-6,9-10,12H2,1-3H3,(H,24,25). The lowest BCUT2D eigenvalue weighted by Gasteiger charge is -2.24. The first-order chi connectivity index (χ1) is 12.9. The molecular weight excluding hydrogens is 346 g/mol. The molecule has 0 bridgehead atoms. The summed E-state index contributed by atoms with van der Waals surface area (Å²) in [5.41, 5.74) is 0.439. The number of nitrogens with zero attached hydrogens (tertiary/aromatic N) is 1. The van der Waals surface area contributed by atoms with Crippen LogP contribution < -0.4 is 9.47 Å². The third-order valence-electron chi connectivity index (χ3n) is 5.77. The molecule has 1 aromatic carbocycles. The van der Waals surface area contributed by atoms with Gasteiger partial charge < -0.3 is 19.5 Å². The van der Waals surface area contributed by atoms with E-state index in [1.54, 1.807) is 25.3 Å². The molecule has 0 spiro atoms. The summed E-state index contributed by atoms with van der Waals surface area (Å²) in [6.45, 7) is 5.37. The molecule has 6 nitrogen and oxygen atoms in total. The number of carboxylic acids is 1. The van der Waals surface area contributed by atoms with Crippen molar-refractivity contribution in [3.63, 3.8) is 0 Å². The van der Waals surface area contributed by atoms with Crippen LogP contribution in [0.4, 0.5) is 0 Å². The van der Waals surface area contributed by atoms with Crippen molar-refractivity contribution in [2.45, 2.75) is 45.6 Å². The molecule has 1 aromatic rings. The van der Waals surface area contributed by atoms with Gasteiger partial charge >= 0.3 is 5.97 Å². The number of ether oxygens (including phenoxy) is 2. The average molecular weight is 375 g/mol. The first kappa shape index (κ1) is 19.5. The fourth-order valence-corrected chi connectivity index (χ4v) is 4.32. The van der Waals surface area contributed by atoms with Crippen LogP contribution in [0.2, 0.25) is 0 Å². The quantitative estimate of drug-likeness (QED) is 0.790. The molecule has 1 aliphatic carbocycles. The minimum Gasteiger partial charge on any atom is -0.493 e. The van der Waals surface area contributed by atoms with Crippen LogP contribution in [0.25, 0.3) is 0 Å². The lowest BCUT2D eigenvalue weighted by atomic mass is 9.94. The van der Waals surface area contributed by atoms with Gasteiger partial charge in [-0.3, -0.25) is 4.79 Å². The van der Waals surface area contributed by atoms with Crippen LogP contribution in [0, 0.1) is 17.8 Å². The monoisotopic (exact) mass is 375 g/mol. The Morgan fingerprint density at radius 3 is 2.70 bits per heavy atom. The van der Waals surface area contributed by atoms with Crippen molar-refractivity contribution in [1.82, 2.24) is 4.90 Å². The van der Waals surface area contributed by atoms with Gasteiger partial charge in [0.15, 0.2) is 11.5 Å². The number of methoxy groups -OCH3 is 1. The summed E-state index contributed by atoms with van der Waals surface area (Å²) in [6, 6.07) is 4.36. The molecule has 3 unspecified atom stereocenters. The van der Waals surface area contributed by atoms with E-state index in [0.717, 1.165) is 25.7 Å². The lowest BCUT2D eigenvalue weighted by Crippen LogP contribution is -2.43. The third-order valence-corrected chi connectivity index (χ3v) is 5.77. The molecule has 1 amide bonds. The second kappa shape index (κ2) is 8.19. The Morgan fingerprint density at radius 1 is 1.26 bits per heavy atom. The van der Waals surface area contributed by atoms with Gasteiger partial charge in [-0.2, -0.15) is 0 Å². The number of hydrogen-bond acceptors (Lipinski definition) is 4. The topological polar surface area (TPSA) is 76.1 Å². The normalized spacial score (nSPS) is 24.1. The van der Waals surface area contributed by atoms with Crippen LogP contribution in [0.15, 0.2) is 18.2 Å². The largest absolute Gasteiger partial charge is 0.493 e. The van der Waals surface area contributed by atoms with Gasteiger partial charge in [0.25, 0.3) is 5.91 Å². The van der Waals surface area contributed by atoms with Crippen LogP contribution in [-0.2, 0) is 4.79 Å². The van der Waals surface area contributed by atoms with E-state index in [9.17, 15) is 14.7 Å². The van der Waals surface area contributed by atoms with Gasteiger partial charge in [-0.1, -0.05) is 20.3 Å². The summed E-state index contributed by atoms with van der Waals surface area (Å²) < 4.78 is 11.2. The molecule has 6 heteroatoms. The minimum absolute atomic E-state index is 0.0759. The predicted molar refractivity (Wildman–Crippen MR) is 101 cm³/mol. The molecule has 3 atom stereocenters. The van der Waals surface area contributed by atoms with Gasteiger partial charge in [0.2, 0.25) is 0 Å². The number of benzene rings is 1. The van der Waals surface area contributed by atoms with E-state index in [1.165, 1.54) is 4.90 Å². The van der Waals surface area contributed by atoms with Crippen LogP contribution in [-0.4, -0.2) is 48.2 Å². The summed E-state index contributed by atoms with van der Waals surface area (Å²) >= 11 is 0. The highest BCUT2D eigenvalue weighted by Crippen LogP contribution is 2.43. The minimum atomic E-state index is -0.904. The van der Waals surface area contributed by atoms with Crippen LogP contribution >= 0.6 is 0 Å². The summed E-state index contributed by atoms with van der Waals surface area (Å²) in [4.78, 5) is 26.4. The van der Waals surface area contributed by atoms with Crippen molar-refractivity contribution >= 4 is 11.9 Å². The van der Waals surface area contributed by atoms with Crippen molar-refractivity contribution in [1.29, 1.82) is 0 Å². The zero-order valence-electron chi connectivity index (χ0n) is 16.3. The van der Waals surface area contributed by atoms with Gasteiger partial charge in [0.05, 0.1) is 13.7 Å². The van der Waals surface area contributed by atoms with Crippen LogP contribution in [0.1, 0.15) is 49.9 Å². The first-order valence-electron chi connectivity index (χ1n) is 9.77. The molecule has 1 saturated carbocycles. The van der Waals surface area contributed by atoms with E-state index in [-0.39, 0.29) is 11.8 Å². The number of likely N-dealkylation sites (tertiary alicyclic amines) is 1. The molecular formula is C21H29NO5. The van der Waals surface area contributed by atoms with Gasteiger partial charge in [0, 0.05) is 12.1 Å². The number of fused-ring (bicyclic) bond motifs is 1. The summed E-state index contributed by atoms with van der Waals surface area (Å²) in [5, 5.41) is 9.67. The molecule has 1 aliphatic heterocycles. The second-order valence-corrected chi connectivity index (χ2v) is 7.99. The molecule has 3 rings (SSSR count). The maximum absolute atomic E-state index is 13.0. The third kappa shape index (κ3) is 4.04. The SMILES string of the molecule is COc1cc(C(=O)N2CC3CCCC3C2C(=O)O)ccc1OCCC(C)C. The molecule has 2 aliphatic rings. The van der Waals surface area contributed by atoms with E-state index in [0.29, 0.717) is 42.0 Å². The highest BCUT2D eigenvalue weighted by atomic mass is 16.5. The first-order valence-corrected chi connectivity index (χ1v) is 9.77. The van der Waals surface area contributed by atoms with Crippen LogP contribution in [0.3, 0.4) is 0 Å². The maximum Gasteiger partial charge on any atom is 0.326 e. The number of carboxylic acid groups (broad SMARTS) is 1. The highest BCUT2D eigenvalue weighted by Gasteiger charge is 2.49. The van der Waals surface area contributed by atoms with E-state index in [4.69, 9.17) is 9.47 Å². The zero-order chi connectivity index (χ0) is 19.6. The Labute approximate surface area is 160 Å². The van der Waals surface area contributed by atoms with Crippen molar-refractivity contribution in [3.8, 4) is 11.5 Å². The predicted octanol–water partition coefficient (Wildman–Crippen LogP) is 3.45. The molecule has 1 saturated heterocycles. The summed E-state index contributed by atoms with van der Waals surface area (Å²) in [5.74, 6) is 0.864. The molecule has 148 valence electrons. The molecule has 27 heavy (non-hydrogen) atoms. The number of rotatable bonds is 7. The molecule has 0 aromatic heterocycles. The van der Waals surface area contributed by atoms with Crippen molar-refractivity contribution in [3.05, 3.63) is 23.8 Å². The summed E-state index contributed by atoms with van der Waals surface area (Å²) in [6.07, 6.45) is 3.87. The highest BCUT2D eigenvalue weighted by molar-refractivity contribution is 5.97. The smallest absolute Gasteiger partial charge is 0.326 e. The Kier molecular flexibility index (Phi) is 5.92. The van der Waals surface area contributed by atoms with Gasteiger partial charge in [0.1, 0.15) is 6.04 Å². The van der Waals surface area contributed by atoms with Crippen LogP contribution in [0.5, 0.6) is 11.5 Å². The van der Waals surface area contributed by atoms with Crippen molar-refractivity contribution in [2.24, 2.45) is 17.8 Å². The Bertz CT molecular complexity index is 702. The second-order valence-electron chi connectivity index (χ2n) is 7.99. The number of carbonyl (C=O) groups is 2. The van der Waals surface area contributed by atoms with E-state index >= 15 is 0 Å². The Balaban J connectivity index is 1.77. The fraction of sp³-hybridized carbons (Fsp3) is 0.619. The number of carbonyl (C=O) groups excluding carboxylic acids is 1. The zero-order valence-corrected chi connectivity index (χ0v) is 16.3. The van der Waals surface area contributed by atoms with E-state index in [2.05, 4.69) is 13.8 Å². The molecule has 1 N–H and O–H groups in total. The van der Waals surface area contributed by atoms with Gasteiger partial charge in [-0.05, 0) is 55.2 Å². The lowest BCUT2D eigenvalue weighted by molar-refractivity contribution is -0.142. The molecule has 2 fully saturated rings. The van der Waals surface area contributed by atoms with Gasteiger partial charge in [-0.25, -0.2) is 4.79 Å². The summed E-state index contributed by atoms with van der Waals surface area (Å²) in [7, 11) is 1.54.